The second-order valence-corrected chi connectivity index (χ2v) is 6.44. The van der Waals surface area contributed by atoms with E-state index in [1.807, 2.05) is 12.1 Å². The Morgan fingerprint density at radius 2 is 2.25 bits per heavy atom. The lowest BCUT2D eigenvalue weighted by Gasteiger charge is -2.13. The third-order valence-electron chi connectivity index (χ3n) is 2.31. The van der Waals surface area contributed by atoms with E-state index in [1.165, 1.54) is 5.56 Å². The van der Waals surface area contributed by atoms with E-state index in [0.717, 1.165) is 23.2 Å². The van der Waals surface area contributed by atoms with E-state index in [4.69, 9.17) is 0 Å². The van der Waals surface area contributed by atoms with Gasteiger partial charge in [-0.05, 0) is 31.0 Å². The molecule has 0 fully saturated rings. The third kappa shape index (κ3) is 5.77. The number of hydrogen-bond donors (Lipinski definition) is 1. The Balaban J connectivity index is 2.33. The molecule has 2 nitrogen and oxygen atoms in total. The third-order valence-corrected chi connectivity index (χ3v) is 3.59. The lowest BCUT2D eigenvalue weighted by Crippen LogP contribution is -2.31. The van der Waals surface area contributed by atoms with Crippen molar-refractivity contribution in [2.75, 3.05) is 18.6 Å². The number of rotatable bonds is 6. The highest BCUT2D eigenvalue weighted by molar-refractivity contribution is 9.10. The molecule has 16 heavy (non-hydrogen) atoms. The van der Waals surface area contributed by atoms with Gasteiger partial charge in [-0.3, -0.25) is 4.21 Å². The van der Waals surface area contributed by atoms with Crippen LogP contribution < -0.4 is 5.32 Å². The van der Waals surface area contributed by atoms with Crippen LogP contribution >= 0.6 is 15.9 Å². The summed E-state index contributed by atoms with van der Waals surface area (Å²) in [5.41, 5.74) is 1.31. The molecule has 4 heteroatoms. The average Bonchev–Trinajstić information content (AvgIpc) is 2.16. The summed E-state index contributed by atoms with van der Waals surface area (Å²) in [6.07, 6.45) is 2.73. The number of benzene rings is 1. The molecule has 1 N–H and O–H groups in total. The summed E-state index contributed by atoms with van der Waals surface area (Å²) in [6.45, 7) is 2.97. The Labute approximate surface area is 108 Å². The second-order valence-electron chi connectivity index (χ2n) is 3.97. The molecule has 2 unspecified atom stereocenters. The molecular formula is C12H18BrNOS. The number of hydrogen-bond acceptors (Lipinski definition) is 2. The highest BCUT2D eigenvalue weighted by Crippen LogP contribution is 2.12. The van der Waals surface area contributed by atoms with Crippen molar-refractivity contribution >= 4 is 26.7 Å². The maximum Gasteiger partial charge on any atom is 0.0357 e. The molecule has 0 aliphatic rings. The van der Waals surface area contributed by atoms with Crippen LogP contribution in [0, 0.1) is 0 Å². The van der Waals surface area contributed by atoms with Gasteiger partial charge in [0.15, 0.2) is 0 Å². The Hall–Kier alpha value is -0.190. The quantitative estimate of drug-likeness (QED) is 0.874. The molecule has 2 atom stereocenters. The lowest BCUT2D eigenvalue weighted by molar-refractivity contribution is 0.565. The van der Waals surface area contributed by atoms with Gasteiger partial charge in [0.2, 0.25) is 0 Å². The van der Waals surface area contributed by atoms with E-state index in [0.29, 0.717) is 6.04 Å². The molecule has 1 rings (SSSR count). The van der Waals surface area contributed by atoms with Gasteiger partial charge in [0.25, 0.3) is 0 Å². The minimum absolute atomic E-state index is 0.415. The van der Waals surface area contributed by atoms with Gasteiger partial charge in [0.1, 0.15) is 0 Å². The van der Waals surface area contributed by atoms with Crippen LogP contribution in [-0.4, -0.2) is 28.8 Å². The van der Waals surface area contributed by atoms with Gasteiger partial charge < -0.3 is 5.32 Å². The first-order valence-electron chi connectivity index (χ1n) is 5.36. The molecule has 0 aromatic heterocycles. The Morgan fingerprint density at radius 3 is 2.88 bits per heavy atom. The zero-order valence-corrected chi connectivity index (χ0v) is 12.1. The van der Waals surface area contributed by atoms with Crippen LogP contribution in [0.2, 0.25) is 0 Å². The van der Waals surface area contributed by atoms with Crippen LogP contribution in [0.15, 0.2) is 28.7 Å². The van der Waals surface area contributed by atoms with E-state index in [-0.39, 0.29) is 0 Å². The number of nitrogens with one attached hydrogen (secondary N) is 1. The monoisotopic (exact) mass is 303 g/mol. The standard InChI is InChI=1S/C12H18BrNOS/c1-10(14-6-7-16(2)15)8-11-4-3-5-12(13)9-11/h3-5,9-10,14H,6-8H2,1-2H3. The summed E-state index contributed by atoms with van der Waals surface area (Å²) in [4.78, 5) is 0. The first-order valence-corrected chi connectivity index (χ1v) is 7.88. The maximum atomic E-state index is 10.9. The Morgan fingerprint density at radius 1 is 1.50 bits per heavy atom. The smallest absolute Gasteiger partial charge is 0.0357 e. The fourth-order valence-corrected chi connectivity index (χ4v) is 2.39. The summed E-state index contributed by atoms with van der Waals surface area (Å²) in [6, 6.07) is 8.75. The molecule has 90 valence electrons. The van der Waals surface area contributed by atoms with Gasteiger partial charge in [0.05, 0.1) is 0 Å². The van der Waals surface area contributed by atoms with Gasteiger partial charge in [0, 0.05) is 39.9 Å². The van der Waals surface area contributed by atoms with Gasteiger partial charge in [-0.25, -0.2) is 0 Å². The zero-order valence-electron chi connectivity index (χ0n) is 9.70. The van der Waals surface area contributed by atoms with Crippen LogP contribution in [0.4, 0.5) is 0 Å². The Kier molecular flexibility index (Phi) is 6.24. The molecule has 0 heterocycles. The zero-order chi connectivity index (χ0) is 12.0. The Bertz CT molecular complexity index is 357. The van der Waals surface area contributed by atoms with E-state index >= 15 is 0 Å². The first-order chi connectivity index (χ1) is 7.58. The summed E-state index contributed by atoms with van der Waals surface area (Å²) in [5, 5.41) is 3.37. The summed E-state index contributed by atoms with van der Waals surface area (Å²) < 4.78 is 12.0. The second kappa shape index (κ2) is 7.20. The molecular weight excluding hydrogens is 286 g/mol. The van der Waals surface area contributed by atoms with Crippen LogP contribution in [0.3, 0.4) is 0 Å². The highest BCUT2D eigenvalue weighted by Gasteiger charge is 2.03. The van der Waals surface area contributed by atoms with E-state index in [2.05, 4.69) is 40.3 Å². The van der Waals surface area contributed by atoms with Crippen LogP contribution in [0.25, 0.3) is 0 Å². The van der Waals surface area contributed by atoms with Crippen LogP contribution in [-0.2, 0) is 17.2 Å². The molecule has 1 aromatic rings. The number of halogens is 1. The van der Waals surface area contributed by atoms with Crippen molar-refractivity contribution < 1.29 is 4.21 Å². The molecule has 0 aliphatic heterocycles. The average molecular weight is 304 g/mol. The van der Waals surface area contributed by atoms with Gasteiger partial charge in [-0.2, -0.15) is 0 Å². The first kappa shape index (κ1) is 13.9. The molecule has 1 aromatic carbocycles. The summed E-state index contributed by atoms with van der Waals surface area (Å²) in [5.74, 6) is 0.725. The van der Waals surface area contributed by atoms with Crippen molar-refractivity contribution in [3.63, 3.8) is 0 Å². The molecule has 0 saturated heterocycles. The van der Waals surface area contributed by atoms with E-state index < -0.39 is 10.8 Å². The molecule has 0 spiro atoms. The molecule has 0 saturated carbocycles. The van der Waals surface area contributed by atoms with Crippen molar-refractivity contribution in [3.8, 4) is 0 Å². The molecule has 0 aliphatic carbocycles. The fraction of sp³-hybridized carbons (Fsp3) is 0.500. The summed E-state index contributed by atoms with van der Waals surface area (Å²) >= 11 is 3.46. The van der Waals surface area contributed by atoms with Gasteiger partial charge in [-0.15, -0.1) is 0 Å². The summed E-state index contributed by atoms with van der Waals surface area (Å²) in [7, 11) is -0.702. The largest absolute Gasteiger partial charge is 0.313 e. The van der Waals surface area contributed by atoms with Crippen molar-refractivity contribution in [1.82, 2.24) is 5.32 Å². The minimum Gasteiger partial charge on any atom is -0.313 e. The topological polar surface area (TPSA) is 29.1 Å². The van der Waals surface area contributed by atoms with Gasteiger partial charge in [-0.1, -0.05) is 28.1 Å². The SMILES string of the molecule is CC(Cc1cccc(Br)c1)NCCS(C)=O. The highest BCUT2D eigenvalue weighted by atomic mass is 79.9. The van der Waals surface area contributed by atoms with E-state index in [1.54, 1.807) is 6.26 Å². The van der Waals surface area contributed by atoms with Crippen LogP contribution in [0.1, 0.15) is 12.5 Å². The van der Waals surface area contributed by atoms with Crippen LogP contribution in [0.5, 0.6) is 0 Å². The predicted octanol–water partition coefficient (Wildman–Crippen LogP) is 2.35. The molecule has 0 bridgehead atoms. The van der Waals surface area contributed by atoms with Crippen molar-refractivity contribution in [1.29, 1.82) is 0 Å². The normalized spacial score (nSPS) is 14.7. The van der Waals surface area contributed by atoms with Crippen molar-refractivity contribution in [3.05, 3.63) is 34.3 Å². The minimum atomic E-state index is -0.702. The predicted molar refractivity (Wildman–Crippen MR) is 74.2 cm³/mol. The molecule has 0 radical (unpaired) electrons. The lowest BCUT2D eigenvalue weighted by atomic mass is 10.1. The molecule has 0 amide bonds. The van der Waals surface area contributed by atoms with Gasteiger partial charge >= 0.3 is 0 Å². The fourth-order valence-electron chi connectivity index (χ4n) is 1.54. The maximum absolute atomic E-state index is 10.9. The van der Waals surface area contributed by atoms with Crippen molar-refractivity contribution in [2.45, 2.75) is 19.4 Å². The van der Waals surface area contributed by atoms with E-state index in [9.17, 15) is 4.21 Å². The van der Waals surface area contributed by atoms with Crippen molar-refractivity contribution in [2.24, 2.45) is 0 Å².